The number of imidazole rings is 1. The highest BCUT2D eigenvalue weighted by atomic mass is 79.9. The van der Waals surface area contributed by atoms with Crippen molar-refractivity contribution >= 4 is 45.2 Å². The maximum atomic E-state index is 13.5. The second-order valence-electron chi connectivity index (χ2n) is 8.04. The third-order valence-electron chi connectivity index (χ3n) is 5.97. The first kappa shape index (κ1) is 22.0. The van der Waals surface area contributed by atoms with Gasteiger partial charge in [0.25, 0.3) is 5.91 Å². The molecule has 3 aromatic rings. The Morgan fingerprint density at radius 1 is 1.18 bits per heavy atom. The van der Waals surface area contributed by atoms with Crippen molar-refractivity contribution < 1.29 is 9.53 Å². The number of benzene rings is 2. The normalized spacial score (nSPS) is 17.2. The first-order valence-electron chi connectivity index (χ1n) is 10.8. The van der Waals surface area contributed by atoms with Gasteiger partial charge in [-0.2, -0.15) is 0 Å². The van der Waals surface area contributed by atoms with Crippen LogP contribution in [0.15, 0.2) is 58.3 Å². The van der Waals surface area contributed by atoms with E-state index >= 15 is 0 Å². The molecule has 1 atom stereocenters. The number of rotatable bonds is 6. The minimum atomic E-state index is -0.0966. The van der Waals surface area contributed by atoms with Crippen molar-refractivity contribution in [1.29, 1.82) is 0 Å². The van der Waals surface area contributed by atoms with Crippen LogP contribution in [-0.4, -0.2) is 52.6 Å². The number of nitrogens with zero attached hydrogens (tertiary/aromatic N) is 5. The van der Waals surface area contributed by atoms with Crippen molar-refractivity contribution in [3.05, 3.63) is 75.1 Å². The standard InChI is InChI=1S/C24H23BrClN5O2/c1-3-29-22(32)20-21(31-14-17(27-24(29)31)11-15-7-5-4-6-8-15)28-23(25)30(20)13-16-9-10-19(33-2)18(26)12-16/h4-10,12,17H,3,11,13-14H2,1-2H3/t17-/m1/s1. The molecule has 1 amide bonds. The number of aliphatic imine (C=N–C) groups is 1. The Hall–Kier alpha value is -2.84. The molecule has 0 radical (unpaired) electrons. The maximum absolute atomic E-state index is 13.5. The summed E-state index contributed by atoms with van der Waals surface area (Å²) < 4.78 is 7.74. The van der Waals surface area contributed by atoms with Gasteiger partial charge in [-0.15, -0.1) is 0 Å². The molecule has 2 aromatic carbocycles. The van der Waals surface area contributed by atoms with Gasteiger partial charge in [0, 0.05) is 6.54 Å². The van der Waals surface area contributed by atoms with Gasteiger partial charge in [-0.1, -0.05) is 48.0 Å². The summed E-state index contributed by atoms with van der Waals surface area (Å²) in [5, 5.41) is 0.527. The fourth-order valence-corrected chi connectivity index (χ4v) is 5.16. The van der Waals surface area contributed by atoms with Gasteiger partial charge in [0.1, 0.15) is 5.75 Å². The molecule has 33 heavy (non-hydrogen) atoms. The quantitative estimate of drug-likeness (QED) is 0.468. The van der Waals surface area contributed by atoms with E-state index in [4.69, 9.17) is 26.3 Å². The fourth-order valence-electron chi connectivity index (χ4n) is 4.41. The lowest BCUT2D eigenvalue weighted by molar-refractivity contribution is 0.0836. The molecule has 0 bridgehead atoms. The summed E-state index contributed by atoms with van der Waals surface area (Å²) in [5.41, 5.74) is 2.72. The Bertz CT molecular complexity index is 1240. The van der Waals surface area contributed by atoms with Crippen molar-refractivity contribution in [2.45, 2.75) is 25.9 Å². The number of guanidine groups is 1. The topological polar surface area (TPSA) is 63.0 Å². The number of halogens is 2. The number of amides is 1. The smallest absolute Gasteiger partial charge is 0.281 e. The van der Waals surface area contributed by atoms with Gasteiger partial charge < -0.3 is 9.30 Å². The Labute approximate surface area is 205 Å². The van der Waals surface area contributed by atoms with Crippen molar-refractivity contribution in [2.75, 3.05) is 25.1 Å². The molecule has 9 heteroatoms. The van der Waals surface area contributed by atoms with Crippen LogP contribution in [0.1, 0.15) is 28.5 Å². The number of anilines is 1. The van der Waals surface area contributed by atoms with Crippen LogP contribution in [0.2, 0.25) is 5.02 Å². The lowest BCUT2D eigenvalue weighted by Gasteiger charge is -2.33. The number of hydrogen-bond acceptors (Lipinski definition) is 5. The van der Waals surface area contributed by atoms with Crippen molar-refractivity contribution in [3.63, 3.8) is 0 Å². The van der Waals surface area contributed by atoms with Gasteiger partial charge in [-0.25, -0.2) is 9.98 Å². The number of methoxy groups -OCH3 is 1. The van der Waals surface area contributed by atoms with E-state index in [1.54, 1.807) is 12.0 Å². The molecule has 7 nitrogen and oxygen atoms in total. The number of hydrogen-bond donors (Lipinski definition) is 0. The molecule has 0 N–H and O–H groups in total. The highest BCUT2D eigenvalue weighted by molar-refractivity contribution is 9.10. The van der Waals surface area contributed by atoms with E-state index in [0.29, 0.717) is 52.6 Å². The molecule has 3 heterocycles. The van der Waals surface area contributed by atoms with E-state index in [1.807, 2.05) is 47.9 Å². The highest BCUT2D eigenvalue weighted by Crippen LogP contribution is 2.35. The zero-order chi connectivity index (χ0) is 23.1. The van der Waals surface area contributed by atoms with E-state index in [9.17, 15) is 4.79 Å². The molecule has 0 unspecified atom stereocenters. The molecule has 170 valence electrons. The Morgan fingerprint density at radius 3 is 2.67 bits per heavy atom. The molecule has 0 saturated heterocycles. The SMILES string of the molecule is CCN1C(=O)c2c(nc(Br)n2Cc2ccc(OC)c(Cl)c2)N2C[C@@H](Cc3ccccc3)N=C12. The van der Waals surface area contributed by atoms with Gasteiger partial charge in [0.2, 0.25) is 5.96 Å². The number of carbonyl (C=O) groups excluding carboxylic acids is 1. The van der Waals surface area contributed by atoms with Crippen LogP contribution < -0.4 is 9.64 Å². The molecule has 0 spiro atoms. The van der Waals surface area contributed by atoms with E-state index in [-0.39, 0.29) is 11.9 Å². The van der Waals surface area contributed by atoms with Crippen molar-refractivity contribution in [3.8, 4) is 5.75 Å². The van der Waals surface area contributed by atoms with E-state index in [0.717, 1.165) is 12.0 Å². The van der Waals surface area contributed by atoms with Gasteiger partial charge in [0.05, 0.1) is 31.3 Å². The molecule has 0 fully saturated rings. The van der Waals surface area contributed by atoms with Crippen LogP contribution >= 0.6 is 27.5 Å². The average Bonchev–Trinajstić information content (AvgIpc) is 3.36. The zero-order valence-electron chi connectivity index (χ0n) is 18.3. The van der Waals surface area contributed by atoms with Crippen molar-refractivity contribution in [2.24, 2.45) is 4.99 Å². The summed E-state index contributed by atoms with van der Waals surface area (Å²) in [6.45, 7) is 3.62. The van der Waals surface area contributed by atoms with Crippen molar-refractivity contribution in [1.82, 2.24) is 14.5 Å². The number of ether oxygens (including phenoxy) is 1. The van der Waals surface area contributed by atoms with Crippen LogP contribution in [0.25, 0.3) is 0 Å². The highest BCUT2D eigenvalue weighted by Gasteiger charge is 2.43. The second-order valence-corrected chi connectivity index (χ2v) is 9.16. The molecular formula is C24H23BrClN5O2. The zero-order valence-corrected chi connectivity index (χ0v) is 20.7. The van der Waals surface area contributed by atoms with Gasteiger partial charge in [0.15, 0.2) is 16.2 Å². The monoisotopic (exact) mass is 527 g/mol. The molecule has 1 aromatic heterocycles. The van der Waals surface area contributed by atoms with E-state index in [2.05, 4.69) is 33.0 Å². The predicted octanol–water partition coefficient (Wildman–Crippen LogP) is 4.62. The van der Waals surface area contributed by atoms with Crippen LogP contribution in [0.3, 0.4) is 0 Å². The van der Waals surface area contributed by atoms with Gasteiger partial charge in [-0.3, -0.25) is 14.6 Å². The van der Waals surface area contributed by atoms with Crippen LogP contribution in [0.4, 0.5) is 5.82 Å². The number of aromatic nitrogens is 2. The minimum Gasteiger partial charge on any atom is -0.495 e. The summed E-state index contributed by atoms with van der Waals surface area (Å²) in [5.74, 6) is 1.84. The van der Waals surface area contributed by atoms with Crippen LogP contribution in [0.5, 0.6) is 5.75 Å². The largest absolute Gasteiger partial charge is 0.495 e. The third-order valence-corrected chi connectivity index (χ3v) is 6.87. The molecule has 2 aliphatic heterocycles. The maximum Gasteiger partial charge on any atom is 0.281 e. The third kappa shape index (κ3) is 3.91. The van der Waals surface area contributed by atoms with Gasteiger partial charge >= 0.3 is 0 Å². The Kier molecular flexibility index (Phi) is 5.88. The molecule has 2 aliphatic rings. The average molecular weight is 529 g/mol. The molecule has 5 rings (SSSR count). The second kappa shape index (κ2) is 8.83. The number of carbonyl (C=O) groups is 1. The van der Waals surface area contributed by atoms with Gasteiger partial charge in [-0.05, 0) is 52.5 Å². The Morgan fingerprint density at radius 2 is 1.97 bits per heavy atom. The van der Waals surface area contributed by atoms with E-state index < -0.39 is 0 Å². The first-order chi connectivity index (χ1) is 16.0. The summed E-state index contributed by atoms with van der Waals surface area (Å²) in [6.07, 6.45) is 0.814. The van der Waals surface area contributed by atoms with E-state index in [1.165, 1.54) is 5.56 Å². The summed E-state index contributed by atoms with van der Waals surface area (Å²) >= 11 is 9.90. The Balaban J connectivity index is 1.49. The molecule has 0 aliphatic carbocycles. The van der Waals surface area contributed by atoms with Crippen LogP contribution in [0, 0.1) is 0 Å². The summed E-state index contributed by atoms with van der Waals surface area (Å²) in [6, 6.07) is 16.0. The number of fused-ring (bicyclic) bond motifs is 3. The molecule has 0 saturated carbocycles. The first-order valence-corrected chi connectivity index (χ1v) is 12.0. The lowest BCUT2D eigenvalue weighted by Crippen LogP contribution is -2.50. The summed E-state index contributed by atoms with van der Waals surface area (Å²) in [4.78, 5) is 27.0. The minimum absolute atomic E-state index is 0.0551. The lowest BCUT2D eigenvalue weighted by atomic mass is 10.1. The predicted molar refractivity (Wildman–Crippen MR) is 132 cm³/mol. The van der Waals surface area contributed by atoms with Crippen LogP contribution in [-0.2, 0) is 13.0 Å². The summed E-state index contributed by atoms with van der Waals surface area (Å²) in [7, 11) is 1.59. The fraction of sp³-hybridized carbons (Fsp3) is 0.292. The molecular weight excluding hydrogens is 506 g/mol.